The van der Waals surface area contributed by atoms with Crippen molar-refractivity contribution < 1.29 is 0 Å². The monoisotopic (exact) mass is 332 g/mol. The molecule has 0 aromatic carbocycles. The largest absolute Gasteiger partial charge is 0.353 e. The second-order valence-corrected chi connectivity index (χ2v) is 5.92. The lowest BCUT2D eigenvalue weighted by Gasteiger charge is -2.16. The molecule has 0 spiro atoms. The van der Waals surface area contributed by atoms with Crippen molar-refractivity contribution in [3.05, 3.63) is 0 Å². The first-order valence-corrected chi connectivity index (χ1v) is 7.33. The summed E-state index contributed by atoms with van der Waals surface area (Å²) in [4.78, 5) is 4.41. The predicted molar refractivity (Wildman–Crippen MR) is 87.2 cm³/mol. The minimum atomic E-state index is 0. The summed E-state index contributed by atoms with van der Waals surface area (Å²) >= 11 is 3.45. The quantitative estimate of drug-likeness (QED) is 0.717. The van der Waals surface area contributed by atoms with Crippen LogP contribution >= 0.6 is 47.9 Å². The van der Waals surface area contributed by atoms with Crippen molar-refractivity contribution >= 4 is 53.0 Å². The van der Waals surface area contributed by atoms with Crippen LogP contribution in [0.15, 0.2) is 4.34 Å². The van der Waals surface area contributed by atoms with Gasteiger partial charge >= 0.3 is 0 Å². The van der Waals surface area contributed by atoms with Crippen LogP contribution in [0.25, 0.3) is 0 Å². The number of aromatic nitrogens is 2. The molecule has 0 aliphatic carbocycles. The number of halogens is 2. The van der Waals surface area contributed by atoms with Crippen molar-refractivity contribution in [2.24, 2.45) is 0 Å². The molecule has 0 fully saturated rings. The highest BCUT2D eigenvalue weighted by Gasteiger charge is 2.06. The van der Waals surface area contributed by atoms with Gasteiger partial charge in [0.25, 0.3) is 0 Å². The molecular weight excluding hydrogens is 311 g/mol. The van der Waals surface area contributed by atoms with E-state index in [0.717, 1.165) is 34.9 Å². The molecule has 0 bridgehead atoms. The minimum Gasteiger partial charge on any atom is -0.353 e. The van der Waals surface area contributed by atoms with E-state index in [0.29, 0.717) is 0 Å². The van der Waals surface area contributed by atoms with Gasteiger partial charge in [-0.3, -0.25) is 0 Å². The molecule has 0 saturated heterocycles. The Kier molecular flexibility index (Phi) is 12.7. The normalized spacial score (nSPS) is 9.83. The van der Waals surface area contributed by atoms with Crippen LogP contribution in [0.2, 0.25) is 0 Å². The Morgan fingerprint density at radius 3 is 2.17 bits per heavy atom. The molecule has 0 unspecified atom stereocenters. The SMILES string of the molecule is CCN(CC)CCSc1nnc(N(C)C)s1.Cl.Cl. The van der Waals surface area contributed by atoms with E-state index in [1.807, 2.05) is 19.0 Å². The molecule has 8 heteroatoms. The molecule has 1 aromatic rings. The van der Waals surface area contributed by atoms with Gasteiger partial charge in [0.15, 0.2) is 4.34 Å². The summed E-state index contributed by atoms with van der Waals surface area (Å²) in [6, 6.07) is 0. The van der Waals surface area contributed by atoms with Crippen LogP contribution in [0.4, 0.5) is 5.13 Å². The van der Waals surface area contributed by atoms with Gasteiger partial charge in [-0.2, -0.15) is 0 Å². The number of thioether (sulfide) groups is 1. The molecule has 0 N–H and O–H groups in total. The van der Waals surface area contributed by atoms with Crippen LogP contribution in [-0.4, -0.2) is 54.6 Å². The first-order valence-electron chi connectivity index (χ1n) is 5.53. The number of anilines is 1. The summed E-state index contributed by atoms with van der Waals surface area (Å²) in [6.07, 6.45) is 0. The van der Waals surface area contributed by atoms with E-state index in [-0.39, 0.29) is 24.8 Å². The average Bonchev–Trinajstić information content (AvgIpc) is 2.73. The highest BCUT2D eigenvalue weighted by atomic mass is 35.5. The Balaban J connectivity index is 0. The van der Waals surface area contributed by atoms with Gasteiger partial charge in [0.2, 0.25) is 5.13 Å². The fraction of sp³-hybridized carbons (Fsp3) is 0.800. The standard InChI is InChI=1S/C10H20N4S2.2ClH/c1-5-14(6-2)7-8-15-10-12-11-9(16-10)13(3)4;;/h5-8H2,1-4H3;2*1H. The topological polar surface area (TPSA) is 32.3 Å². The lowest BCUT2D eigenvalue weighted by Crippen LogP contribution is -2.25. The summed E-state index contributed by atoms with van der Waals surface area (Å²) in [5.41, 5.74) is 0. The van der Waals surface area contributed by atoms with Crippen LogP contribution in [0.1, 0.15) is 13.8 Å². The summed E-state index contributed by atoms with van der Waals surface area (Å²) < 4.78 is 1.07. The van der Waals surface area contributed by atoms with Crippen LogP contribution < -0.4 is 4.90 Å². The van der Waals surface area contributed by atoms with Crippen LogP contribution in [0.3, 0.4) is 0 Å². The fourth-order valence-electron chi connectivity index (χ4n) is 1.24. The number of nitrogens with zero attached hydrogens (tertiary/aromatic N) is 4. The third-order valence-corrected chi connectivity index (χ3v) is 4.51. The molecule has 0 aliphatic heterocycles. The summed E-state index contributed by atoms with van der Waals surface area (Å²) in [5, 5.41) is 9.25. The van der Waals surface area contributed by atoms with Gasteiger partial charge in [-0.15, -0.1) is 35.0 Å². The molecule has 108 valence electrons. The maximum absolute atomic E-state index is 4.16. The van der Waals surface area contributed by atoms with Gasteiger partial charge in [-0.25, -0.2) is 0 Å². The molecule has 1 aromatic heterocycles. The summed E-state index contributed by atoms with van der Waals surface area (Å²) in [6.45, 7) is 7.76. The van der Waals surface area contributed by atoms with E-state index in [4.69, 9.17) is 0 Å². The first kappa shape index (κ1) is 20.6. The maximum Gasteiger partial charge on any atom is 0.208 e. The van der Waals surface area contributed by atoms with Crippen molar-refractivity contribution in [1.82, 2.24) is 15.1 Å². The van der Waals surface area contributed by atoms with Crippen molar-refractivity contribution in [3.63, 3.8) is 0 Å². The molecular formula is C10H22Cl2N4S2. The molecule has 0 aliphatic rings. The zero-order chi connectivity index (χ0) is 12.0. The van der Waals surface area contributed by atoms with Gasteiger partial charge < -0.3 is 9.80 Å². The zero-order valence-electron chi connectivity index (χ0n) is 11.3. The Morgan fingerprint density at radius 1 is 1.11 bits per heavy atom. The van der Waals surface area contributed by atoms with Gasteiger partial charge in [-0.05, 0) is 13.1 Å². The second kappa shape index (κ2) is 11.1. The van der Waals surface area contributed by atoms with E-state index >= 15 is 0 Å². The predicted octanol–water partition coefficient (Wildman–Crippen LogP) is 2.88. The lowest BCUT2D eigenvalue weighted by atomic mass is 10.5. The van der Waals surface area contributed by atoms with E-state index in [2.05, 4.69) is 28.9 Å². The minimum absolute atomic E-state index is 0. The molecule has 18 heavy (non-hydrogen) atoms. The van der Waals surface area contributed by atoms with E-state index in [1.54, 1.807) is 23.1 Å². The maximum atomic E-state index is 4.16. The smallest absolute Gasteiger partial charge is 0.208 e. The van der Waals surface area contributed by atoms with E-state index in [1.165, 1.54) is 0 Å². The fourth-order valence-corrected chi connectivity index (χ4v) is 3.08. The van der Waals surface area contributed by atoms with Crippen LogP contribution in [0, 0.1) is 0 Å². The van der Waals surface area contributed by atoms with Gasteiger partial charge in [-0.1, -0.05) is 36.9 Å². The number of hydrogen-bond donors (Lipinski definition) is 0. The molecule has 0 amide bonds. The zero-order valence-corrected chi connectivity index (χ0v) is 14.5. The second-order valence-electron chi connectivity index (χ2n) is 3.62. The van der Waals surface area contributed by atoms with E-state index < -0.39 is 0 Å². The highest BCUT2D eigenvalue weighted by Crippen LogP contribution is 2.26. The molecule has 1 heterocycles. The third kappa shape index (κ3) is 6.99. The Labute approximate surface area is 130 Å². The Hall–Kier alpha value is 0.250. The number of hydrogen-bond acceptors (Lipinski definition) is 6. The summed E-state index contributed by atoms with van der Waals surface area (Å²) in [5.74, 6) is 1.09. The third-order valence-electron chi connectivity index (χ3n) is 2.31. The molecule has 0 atom stereocenters. The lowest BCUT2D eigenvalue weighted by molar-refractivity contribution is 0.324. The van der Waals surface area contributed by atoms with E-state index in [9.17, 15) is 0 Å². The first-order chi connectivity index (χ1) is 7.67. The van der Waals surface area contributed by atoms with Crippen molar-refractivity contribution in [2.75, 3.05) is 44.4 Å². The van der Waals surface area contributed by atoms with Crippen LogP contribution in [0.5, 0.6) is 0 Å². The van der Waals surface area contributed by atoms with Gasteiger partial charge in [0.1, 0.15) is 0 Å². The Bertz CT molecular complexity index is 306. The van der Waals surface area contributed by atoms with Gasteiger partial charge in [0.05, 0.1) is 0 Å². The van der Waals surface area contributed by atoms with Crippen molar-refractivity contribution in [1.29, 1.82) is 0 Å². The highest BCUT2D eigenvalue weighted by molar-refractivity contribution is 8.01. The van der Waals surface area contributed by atoms with Gasteiger partial charge in [0, 0.05) is 26.4 Å². The van der Waals surface area contributed by atoms with Crippen LogP contribution in [-0.2, 0) is 0 Å². The molecule has 1 rings (SSSR count). The number of rotatable bonds is 7. The van der Waals surface area contributed by atoms with Crippen molar-refractivity contribution in [2.45, 2.75) is 18.2 Å². The average molecular weight is 333 g/mol. The van der Waals surface area contributed by atoms with Crippen molar-refractivity contribution in [3.8, 4) is 0 Å². The molecule has 4 nitrogen and oxygen atoms in total. The molecule has 0 saturated carbocycles. The molecule has 0 radical (unpaired) electrons. The Morgan fingerprint density at radius 2 is 1.72 bits per heavy atom. The summed E-state index contributed by atoms with van der Waals surface area (Å²) in [7, 11) is 3.98.